The molecule has 0 unspecified atom stereocenters. The molecule has 0 saturated carbocycles. The number of hydrogen-bond acceptors (Lipinski definition) is 4. The molecule has 80 valence electrons. The van der Waals surface area contributed by atoms with Crippen molar-refractivity contribution in [2.24, 2.45) is 5.73 Å². The van der Waals surface area contributed by atoms with Gasteiger partial charge < -0.3 is 10.7 Å². The first kappa shape index (κ1) is 10.2. The molecule has 0 aliphatic heterocycles. The van der Waals surface area contributed by atoms with Crippen molar-refractivity contribution in [3.63, 3.8) is 0 Å². The van der Waals surface area contributed by atoms with Gasteiger partial charge in [-0.05, 0) is 19.3 Å². The first-order valence-electron chi connectivity index (χ1n) is 4.70. The van der Waals surface area contributed by atoms with E-state index in [-0.39, 0.29) is 11.3 Å². The Bertz CT molecular complexity index is 455. The van der Waals surface area contributed by atoms with Gasteiger partial charge in [0.25, 0.3) is 5.56 Å². The van der Waals surface area contributed by atoms with Crippen LogP contribution in [0, 0.1) is 0 Å². The summed E-state index contributed by atoms with van der Waals surface area (Å²) in [5.74, 6) is -0.273. The minimum Gasteiger partial charge on any atom is -0.369 e. The number of H-pyrrole nitrogens is 1. The van der Waals surface area contributed by atoms with Gasteiger partial charge in [-0.3, -0.25) is 9.59 Å². The van der Waals surface area contributed by atoms with Crippen LogP contribution in [-0.4, -0.2) is 21.6 Å². The Labute approximate surface area is 90.5 Å². The molecule has 1 aromatic heterocycles. The second kappa shape index (κ2) is 4.06. The molecule has 1 aliphatic rings. The van der Waals surface area contributed by atoms with Crippen LogP contribution >= 0.6 is 11.8 Å². The van der Waals surface area contributed by atoms with Gasteiger partial charge in [0.15, 0.2) is 5.16 Å². The largest absolute Gasteiger partial charge is 0.369 e. The summed E-state index contributed by atoms with van der Waals surface area (Å²) < 4.78 is 0. The highest BCUT2D eigenvalue weighted by Gasteiger charge is 2.17. The first-order valence-corrected chi connectivity index (χ1v) is 5.68. The van der Waals surface area contributed by atoms with Gasteiger partial charge in [-0.25, -0.2) is 4.98 Å². The van der Waals surface area contributed by atoms with E-state index in [2.05, 4.69) is 9.97 Å². The molecule has 0 aromatic carbocycles. The SMILES string of the molecule is NC(=O)CSc1nc2c(c(=O)[nH]1)CCC2. The molecule has 0 saturated heterocycles. The van der Waals surface area contributed by atoms with E-state index in [1.807, 2.05) is 0 Å². The molecule has 1 aliphatic carbocycles. The van der Waals surface area contributed by atoms with E-state index >= 15 is 0 Å². The summed E-state index contributed by atoms with van der Waals surface area (Å²) in [4.78, 5) is 29.1. The smallest absolute Gasteiger partial charge is 0.254 e. The third-order valence-electron chi connectivity index (χ3n) is 2.27. The van der Waals surface area contributed by atoms with Gasteiger partial charge >= 0.3 is 0 Å². The van der Waals surface area contributed by atoms with Crippen molar-refractivity contribution in [3.05, 3.63) is 21.6 Å². The summed E-state index contributed by atoms with van der Waals surface area (Å²) in [5, 5.41) is 0.486. The number of aromatic nitrogens is 2. The van der Waals surface area contributed by atoms with E-state index in [4.69, 9.17) is 5.73 Å². The number of rotatable bonds is 3. The summed E-state index contributed by atoms with van der Waals surface area (Å²) in [6.45, 7) is 0. The number of fused-ring (bicyclic) bond motifs is 1. The molecule has 15 heavy (non-hydrogen) atoms. The Hall–Kier alpha value is -1.30. The molecular formula is C9H11N3O2S. The molecule has 1 amide bonds. The third-order valence-corrected chi connectivity index (χ3v) is 3.17. The Kier molecular flexibility index (Phi) is 2.77. The van der Waals surface area contributed by atoms with Crippen molar-refractivity contribution in [3.8, 4) is 0 Å². The monoisotopic (exact) mass is 225 g/mol. The minimum atomic E-state index is -0.414. The van der Waals surface area contributed by atoms with Crippen molar-refractivity contribution in [2.45, 2.75) is 24.4 Å². The van der Waals surface area contributed by atoms with Gasteiger partial charge in [0.1, 0.15) is 0 Å². The lowest BCUT2D eigenvalue weighted by Crippen LogP contribution is -2.17. The number of primary amides is 1. The van der Waals surface area contributed by atoms with Gasteiger partial charge in [0.05, 0.1) is 11.4 Å². The van der Waals surface area contributed by atoms with Crippen LogP contribution in [-0.2, 0) is 17.6 Å². The van der Waals surface area contributed by atoms with Gasteiger partial charge in [-0.2, -0.15) is 0 Å². The van der Waals surface area contributed by atoms with Crippen molar-refractivity contribution < 1.29 is 4.79 Å². The second-order valence-electron chi connectivity index (χ2n) is 3.40. The van der Waals surface area contributed by atoms with Crippen LogP contribution in [0.15, 0.2) is 9.95 Å². The molecule has 0 atom stereocenters. The topological polar surface area (TPSA) is 88.8 Å². The number of carbonyl (C=O) groups is 1. The van der Waals surface area contributed by atoms with E-state index in [0.29, 0.717) is 5.16 Å². The fraction of sp³-hybridized carbons (Fsp3) is 0.444. The summed E-state index contributed by atoms with van der Waals surface area (Å²) >= 11 is 1.17. The maximum absolute atomic E-state index is 11.6. The average molecular weight is 225 g/mol. The van der Waals surface area contributed by atoms with Crippen molar-refractivity contribution in [2.75, 3.05) is 5.75 Å². The molecular weight excluding hydrogens is 214 g/mol. The molecule has 1 aromatic rings. The van der Waals surface area contributed by atoms with E-state index in [1.54, 1.807) is 0 Å². The number of hydrogen-bond donors (Lipinski definition) is 2. The molecule has 3 N–H and O–H groups in total. The predicted octanol–water partition coefficient (Wildman–Crippen LogP) is -0.164. The standard InChI is InChI=1S/C9H11N3O2S/c10-7(13)4-15-9-11-6-3-1-2-5(6)8(14)12-9/h1-4H2,(H2,10,13)(H,11,12,14). The van der Waals surface area contributed by atoms with Crippen LogP contribution in [0.3, 0.4) is 0 Å². The molecule has 0 fully saturated rings. The van der Waals surface area contributed by atoms with Crippen molar-refractivity contribution >= 4 is 17.7 Å². The molecule has 0 spiro atoms. The normalized spacial score (nSPS) is 13.9. The molecule has 0 bridgehead atoms. The molecule has 2 rings (SSSR count). The Morgan fingerprint density at radius 2 is 2.33 bits per heavy atom. The van der Waals surface area contributed by atoms with Gasteiger partial charge in [0, 0.05) is 5.56 Å². The van der Waals surface area contributed by atoms with E-state index in [1.165, 1.54) is 11.8 Å². The molecule has 1 heterocycles. The summed E-state index contributed by atoms with van der Waals surface area (Å²) in [6.07, 6.45) is 2.64. The number of amides is 1. The van der Waals surface area contributed by atoms with Crippen LogP contribution in [0.5, 0.6) is 0 Å². The molecule has 0 radical (unpaired) electrons. The zero-order valence-corrected chi connectivity index (χ0v) is 8.89. The van der Waals surface area contributed by atoms with E-state index < -0.39 is 5.91 Å². The van der Waals surface area contributed by atoms with Crippen LogP contribution in [0.4, 0.5) is 0 Å². The van der Waals surface area contributed by atoms with Gasteiger partial charge in [-0.1, -0.05) is 11.8 Å². The quantitative estimate of drug-likeness (QED) is 0.552. The number of carbonyl (C=O) groups excluding carboxylic acids is 1. The molecule has 6 heteroatoms. The number of thioether (sulfide) groups is 1. The first-order chi connectivity index (χ1) is 7.16. The van der Waals surface area contributed by atoms with Crippen molar-refractivity contribution in [1.29, 1.82) is 0 Å². The number of nitrogens with zero attached hydrogens (tertiary/aromatic N) is 1. The zero-order chi connectivity index (χ0) is 10.8. The maximum Gasteiger partial charge on any atom is 0.254 e. The predicted molar refractivity (Wildman–Crippen MR) is 56.8 cm³/mol. The number of nitrogens with two attached hydrogens (primary N) is 1. The Balaban J connectivity index is 2.24. The fourth-order valence-corrected chi connectivity index (χ4v) is 2.25. The number of nitrogens with one attached hydrogen (secondary N) is 1. The van der Waals surface area contributed by atoms with E-state index in [0.717, 1.165) is 30.5 Å². The number of aromatic amines is 1. The number of aryl methyl sites for hydroxylation is 1. The lowest BCUT2D eigenvalue weighted by Gasteiger charge is -2.01. The lowest BCUT2D eigenvalue weighted by atomic mass is 10.3. The Morgan fingerprint density at radius 1 is 1.53 bits per heavy atom. The van der Waals surface area contributed by atoms with Crippen LogP contribution in [0.1, 0.15) is 17.7 Å². The zero-order valence-electron chi connectivity index (χ0n) is 8.08. The van der Waals surface area contributed by atoms with Gasteiger partial charge in [0.2, 0.25) is 5.91 Å². The minimum absolute atomic E-state index is 0.0792. The second-order valence-corrected chi connectivity index (χ2v) is 4.37. The summed E-state index contributed by atoms with van der Waals surface area (Å²) in [6, 6.07) is 0. The van der Waals surface area contributed by atoms with E-state index in [9.17, 15) is 9.59 Å². The maximum atomic E-state index is 11.6. The summed E-state index contributed by atoms with van der Waals surface area (Å²) in [7, 11) is 0. The Morgan fingerprint density at radius 3 is 3.07 bits per heavy atom. The van der Waals surface area contributed by atoms with Crippen LogP contribution < -0.4 is 11.3 Å². The molecule has 5 nitrogen and oxygen atoms in total. The summed E-state index contributed by atoms with van der Waals surface area (Å²) in [5.41, 5.74) is 6.59. The fourth-order valence-electron chi connectivity index (χ4n) is 1.63. The van der Waals surface area contributed by atoms with Crippen LogP contribution in [0.25, 0.3) is 0 Å². The highest BCUT2D eigenvalue weighted by Crippen LogP contribution is 2.19. The highest BCUT2D eigenvalue weighted by molar-refractivity contribution is 7.99. The third kappa shape index (κ3) is 2.20. The lowest BCUT2D eigenvalue weighted by molar-refractivity contribution is -0.115. The van der Waals surface area contributed by atoms with Gasteiger partial charge in [-0.15, -0.1) is 0 Å². The average Bonchev–Trinajstić information content (AvgIpc) is 2.63. The van der Waals surface area contributed by atoms with Crippen molar-refractivity contribution in [1.82, 2.24) is 9.97 Å². The highest BCUT2D eigenvalue weighted by atomic mass is 32.2. The van der Waals surface area contributed by atoms with Crippen LogP contribution in [0.2, 0.25) is 0 Å².